The van der Waals surface area contributed by atoms with Crippen LogP contribution in [0, 0.1) is 10.8 Å². The molecule has 1 heterocycles. The number of hydrogen-bond acceptors (Lipinski definition) is 4. The van der Waals surface area contributed by atoms with Crippen LogP contribution in [0.4, 0.5) is 4.79 Å². The predicted octanol–water partition coefficient (Wildman–Crippen LogP) is 4.65. The van der Waals surface area contributed by atoms with E-state index in [1.807, 2.05) is 52.0 Å². The lowest BCUT2D eigenvalue weighted by Gasteiger charge is -2.33. The maximum Gasteiger partial charge on any atom is 0.407 e. The molecule has 1 aliphatic carbocycles. The summed E-state index contributed by atoms with van der Waals surface area (Å²) in [4.78, 5) is 39.7. The Kier molecular flexibility index (Phi) is 6.62. The Morgan fingerprint density at radius 3 is 2.14 bits per heavy atom. The van der Waals surface area contributed by atoms with E-state index >= 15 is 0 Å². The smallest absolute Gasteiger partial charge is 0.407 e. The Hall–Kier alpha value is -3.35. The van der Waals surface area contributed by atoms with Gasteiger partial charge in [-0.1, -0.05) is 76.2 Å². The summed E-state index contributed by atoms with van der Waals surface area (Å²) in [5.41, 5.74) is 3.02. The van der Waals surface area contributed by atoms with E-state index in [1.165, 1.54) is 0 Å². The van der Waals surface area contributed by atoms with Crippen LogP contribution in [0.1, 0.15) is 57.6 Å². The first kappa shape index (κ1) is 24.8. The molecule has 7 heteroatoms. The molecule has 1 saturated heterocycles. The van der Waals surface area contributed by atoms with Gasteiger partial charge in [-0.25, -0.2) is 4.79 Å². The van der Waals surface area contributed by atoms with E-state index in [2.05, 4.69) is 29.6 Å². The third-order valence-electron chi connectivity index (χ3n) is 7.51. The Balaban J connectivity index is 1.45. The number of ether oxygens (including phenoxy) is 1. The van der Waals surface area contributed by atoms with Gasteiger partial charge in [-0.2, -0.15) is 0 Å². The highest BCUT2D eigenvalue weighted by atomic mass is 16.5. The number of nitrogens with zero attached hydrogens (tertiary/aromatic N) is 1. The standard InChI is InChI=1S/C28H34N2O5/c1-5-28(25(32)33)14-15-30(17-28)24(31)23(27(2,3)4)29-26(34)35-16-22-20-12-8-6-10-18(20)19-11-7-9-13-21(19)22/h6-13,22-23H,5,14-17H2,1-4H3,(H,29,34)(H,32,33)/t23-,28?/m0/s1. The van der Waals surface area contributed by atoms with Crippen molar-refractivity contribution >= 4 is 18.0 Å². The van der Waals surface area contributed by atoms with Crippen LogP contribution in [0.2, 0.25) is 0 Å². The number of carbonyl (C=O) groups excluding carboxylic acids is 2. The summed E-state index contributed by atoms with van der Waals surface area (Å²) in [5, 5.41) is 12.5. The number of alkyl carbamates (subject to hydrolysis) is 1. The lowest BCUT2D eigenvalue weighted by molar-refractivity contribution is -0.149. The molecule has 2 atom stereocenters. The minimum Gasteiger partial charge on any atom is -0.481 e. The molecule has 2 N–H and O–H groups in total. The Bertz CT molecular complexity index is 1090. The Morgan fingerprint density at radius 2 is 1.66 bits per heavy atom. The highest BCUT2D eigenvalue weighted by molar-refractivity contribution is 5.88. The summed E-state index contributed by atoms with van der Waals surface area (Å²) >= 11 is 0. The molecule has 35 heavy (non-hydrogen) atoms. The van der Waals surface area contributed by atoms with Crippen molar-refractivity contribution in [3.05, 3.63) is 59.7 Å². The quantitative estimate of drug-likeness (QED) is 0.630. The topological polar surface area (TPSA) is 95.9 Å². The Morgan fingerprint density at radius 1 is 1.09 bits per heavy atom. The van der Waals surface area contributed by atoms with E-state index in [1.54, 1.807) is 4.90 Å². The van der Waals surface area contributed by atoms with Crippen molar-refractivity contribution in [3.63, 3.8) is 0 Å². The largest absolute Gasteiger partial charge is 0.481 e. The fourth-order valence-electron chi connectivity index (χ4n) is 5.26. The molecule has 1 aliphatic heterocycles. The summed E-state index contributed by atoms with van der Waals surface area (Å²) in [6.07, 6.45) is 0.206. The number of likely N-dealkylation sites (tertiary alicyclic amines) is 1. The molecule has 7 nitrogen and oxygen atoms in total. The summed E-state index contributed by atoms with van der Waals surface area (Å²) < 4.78 is 5.66. The van der Waals surface area contributed by atoms with E-state index in [9.17, 15) is 19.5 Å². The average Bonchev–Trinajstić information content (AvgIpc) is 3.41. The van der Waals surface area contributed by atoms with Gasteiger partial charge in [-0.05, 0) is 40.5 Å². The van der Waals surface area contributed by atoms with Gasteiger partial charge in [0.25, 0.3) is 0 Å². The average molecular weight is 479 g/mol. The molecular formula is C28H34N2O5. The van der Waals surface area contributed by atoms with Crippen LogP contribution in [0.25, 0.3) is 11.1 Å². The number of fused-ring (bicyclic) bond motifs is 3. The number of nitrogens with one attached hydrogen (secondary N) is 1. The van der Waals surface area contributed by atoms with Gasteiger partial charge in [-0.3, -0.25) is 9.59 Å². The molecule has 2 amide bonds. The van der Waals surface area contributed by atoms with Gasteiger partial charge in [0.15, 0.2) is 0 Å². The van der Waals surface area contributed by atoms with Gasteiger partial charge in [-0.15, -0.1) is 0 Å². The van der Waals surface area contributed by atoms with E-state index in [0.717, 1.165) is 22.3 Å². The number of carbonyl (C=O) groups is 3. The predicted molar refractivity (Wildman–Crippen MR) is 133 cm³/mol. The van der Waals surface area contributed by atoms with Gasteiger partial charge < -0.3 is 20.1 Å². The zero-order valence-corrected chi connectivity index (χ0v) is 20.8. The number of amides is 2. The van der Waals surface area contributed by atoms with Gasteiger partial charge in [0.05, 0.1) is 5.41 Å². The first-order chi connectivity index (χ1) is 16.6. The Labute approximate surface area is 206 Å². The first-order valence-electron chi connectivity index (χ1n) is 12.2. The maximum absolute atomic E-state index is 13.4. The third-order valence-corrected chi connectivity index (χ3v) is 7.51. The second kappa shape index (κ2) is 9.36. The SMILES string of the molecule is CCC1(C(=O)O)CCN(C(=O)[C@H](NC(=O)OCC2c3ccccc3-c3ccccc32)C(C)(C)C)C1. The van der Waals surface area contributed by atoms with Crippen molar-refractivity contribution in [2.24, 2.45) is 10.8 Å². The van der Waals surface area contributed by atoms with Crippen LogP contribution in [-0.4, -0.2) is 53.7 Å². The number of hydrogen-bond donors (Lipinski definition) is 2. The molecule has 2 aromatic carbocycles. The van der Waals surface area contributed by atoms with E-state index in [4.69, 9.17) is 4.74 Å². The van der Waals surface area contributed by atoms with Crippen LogP contribution in [0.15, 0.2) is 48.5 Å². The summed E-state index contributed by atoms with van der Waals surface area (Å²) in [6.45, 7) is 8.12. The second-order valence-corrected chi connectivity index (χ2v) is 10.7. The molecular weight excluding hydrogens is 444 g/mol. The molecule has 2 aliphatic rings. The second-order valence-electron chi connectivity index (χ2n) is 10.7. The van der Waals surface area contributed by atoms with Crippen LogP contribution in [0.3, 0.4) is 0 Å². The zero-order valence-electron chi connectivity index (χ0n) is 20.8. The minimum absolute atomic E-state index is 0.0729. The monoisotopic (exact) mass is 478 g/mol. The highest BCUT2D eigenvalue weighted by Gasteiger charge is 2.47. The molecule has 2 aromatic rings. The van der Waals surface area contributed by atoms with Crippen molar-refractivity contribution in [2.45, 2.75) is 52.5 Å². The van der Waals surface area contributed by atoms with Gasteiger partial charge in [0.2, 0.25) is 5.91 Å². The van der Waals surface area contributed by atoms with Gasteiger partial charge in [0.1, 0.15) is 12.6 Å². The van der Waals surface area contributed by atoms with Crippen LogP contribution >= 0.6 is 0 Å². The van der Waals surface area contributed by atoms with Gasteiger partial charge in [0, 0.05) is 19.0 Å². The van der Waals surface area contributed by atoms with Crippen molar-refractivity contribution in [1.29, 1.82) is 0 Å². The molecule has 4 rings (SSSR count). The lowest BCUT2D eigenvalue weighted by Crippen LogP contribution is -2.55. The third kappa shape index (κ3) is 4.64. The normalized spacial score (nSPS) is 20.2. The van der Waals surface area contributed by atoms with Crippen LogP contribution in [-0.2, 0) is 14.3 Å². The molecule has 0 bridgehead atoms. The lowest BCUT2D eigenvalue weighted by atomic mass is 9.84. The van der Waals surface area contributed by atoms with Crippen molar-refractivity contribution in [2.75, 3.05) is 19.7 Å². The highest BCUT2D eigenvalue weighted by Crippen LogP contribution is 2.44. The number of carboxylic acids is 1. The fourth-order valence-corrected chi connectivity index (χ4v) is 5.26. The van der Waals surface area contributed by atoms with Gasteiger partial charge >= 0.3 is 12.1 Å². The fraction of sp³-hybridized carbons (Fsp3) is 0.464. The molecule has 0 radical (unpaired) electrons. The van der Waals surface area contributed by atoms with E-state index in [-0.39, 0.29) is 25.0 Å². The maximum atomic E-state index is 13.4. The summed E-state index contributed by atoms with van der Waals surface area (Å²) in [6, 6.07) is 15.4. The molecule has 1 unspecified atom stereocenters. The molecule has 1 fully saturated rings. The number of rotatable bonds is 6. The molecule has 0 spiro atoms. The summed E-state index contributed by atoms with van der Waals surface area (Å²) in [7, 11) is 0. The number of benzene rings is 2. The van der Waals surface area contributed by atoms with E-state index in [0.29, 0.717) is 19.4 Å². The van der Waals surface area contributed by atoms with Crippen LogP contribution in [0.5, 0.6) is 0 Å². The van der Waals surface area contributed by atoms with Crippen LogP contribution < -0.4 is 5.32 Å². The van der Waals surface area contributed by atoms with Crippen molar-refractivity contribution in [1.82, 2.24) is 10.2 Å². The van der Waals surface area contributed by atoms with Crippen molar-refractivity contribution in [3.8, 4) is 11.1 Å². The molecule has 186 valence electrons. The van der Waals surface area contributed by atoms with E-state index < -0.39 is 28.9 Å². The van der Waals surface area contributed by atoms with Crippen molar-refractivity contribution < 1.29 is 24.2 Å². The first-order valence-corrected chi connectivity index (χ1v) is 12.2. The number of aliphatic carboxylic acids is 1. The minimum atomic E-state index is -0.929. The molecule has 0 saturated carbocycles. The molecule has 0 aromatic heterocycles. The summed E-state index contributed by atoms with van der Waals surface area (Å²) in [5.74, 6) is -1.23. The zero-order chi connectivity index (χ0) is 25.4. The number of carboxylic acid groups (broad SMARTS) is 1.